The molecule has 1 saturated heterocycles. The molecule has 4 atom stereocenters. The van der Waals surface area contributed by atoms with Gasteiger partial charge in [0, 0.05) is 29.7 Å². The zero-order valence-electron chi connectivity index (χ0n) is 15.2. The number of amides is 2. The number of alkyl halides is 3. The van der Waals surface area contributed by atoms with Crippen molar-refractivity contribution in [3.8, 4) is 0 Å². The van der Waals surface area contributed by atoms with Gasteiger partial charge >= 0.3 is 6.18 Å². The fourth-order valence-electron chi connectivity index (χ4n) is 3.76. The Morgan fingerprint density at radius 3 is 2.62 bits per heavy atom. The molecule has 1 aliphatic heterocycles. The lowest BCUT2D eigenvalue weighted by Crippen LogP contribution is -2.44. The number of nitro groups is 1. The third-order valence-corrected chi connectivity index (χ3v) is 5.18. The Balaban J connectivity index is 1.69. The van der Waals surface area contributed by atoms with E-state index >= 15 is 0 Å². The van der Waals surface area contributed by atoms with Crippen molar-refractivity contribution in [2.45, 2.75) is 43.6 Å². The monoisotopic (exact) mass is 415 g/mol. The Hall–Kier alpha value is -2.73. The number of hydrogen-bond acceptors (Lipinski definition) is 6. The minimum absolute atomic E-state index is 0.0593. The van der Waals surface area contributed by atoms with E-state index in [2.05, 4.69) is 16.2 Å². The second-order valence-corrected chi connectivity index (χ2v) is 7.12. The first-order valence-corrected chi connectivity index (χ1v) is 9.05. The van der Waals surface area contributed by atoms with Crippen LogP contribution in [0.25, 0.3) is 0 Å². The molecule has 3 rings (SSSR count). The predicted molar refractivity (Wildman–Crippen MR) is 95.4 cm³/mol. The maximum absolute atomic E-state index is 12.7. The van der Waals surface area contributed by atoms with Crippen LogP contribution in [-0.2, 0) is 4.79 Å². The van der Waals surface area contributed by atoms with Gasteiger partial charge in [-0.15, -0.1) is 0 Å². The van der Waals surface area contributed by atoms with Crippen LogP contribution >= 0.6 is 0 Å². The number of carbonyl (C=O) groups is 2. The zero-order chi connectivity index (χ0) is 21.2. The van der Waals surface area contributed by atoms with Gasteiger partial charge in [0.05, 0.1) is 11.3 Å². The van der Waals surface area contributed by atoms with Crippen LogP contribution in [0.1, 0.15) is 29.6 Å². The fourth-order valence-corrected chi connectivity index (χ4v) is 3.76. The number of rotatable bonds is 5. The molecule has 29 heavy (non-hydrogen) atoms. The maximum Gasteiger partial charge on any atom is 0.405 e. The van der Waals surface area contributed by atoms with Gasteiger partial charge in [0.25, 0.3) is 5.91 Å². The van der Waals surface area contributed by atoms with Gasteiger partial charge in [0.1, 0.15) is 12.6 Å². The molecule has 0 radical (unpaired) electrons. The number of carbonyl (C=O) groups excluding carboxylic acids is 2. The van der Waals surface area contributed by atoms with Gasteiger partial charge in [-0.3, -0.25) is 25.1 Å². The molecule has 2 fully saturated rings. The van der Waals surface area contributed by atoms with E-state index in [1.54, 1.807) is 5.32 Å². The SMILES string of the molecule is O=C(NCC(F)(F)F)c1ccccc1NC(=O)C1NNC2CCC([N+](=O)[O-])CC21. The average molecular weight is 415 g/mol. The minimum Gasteiger partial charge on any atom is -0.343 e. The molecule has 0 bridgehead atoms. The van der Waals surface area contributed by atoms with E-state index in [0.717, 1.165) is 0 Å². The predicted octanol–water partition coefficient (Wildman–Crippen LogP) is 1.21. The molecule has 0 spiro atoms. The van der Waals surface area contributed by atoms with Crippen molar-refractivity contribution in [2.75, 3.05) is 11.9 Å². The summed E-state index contributed by atoms with van der Waals surface area (Å²) in [7, 11) is 0. The number of halogens is 3. The number of anilines is 1. The smallest absolute Gasteiger partial charge is 0.343 e. The molecule has 9 nitrogen and oxygen atoms in total. The lowest BCUT2D eigenvalue weighted by molar-refractivity contribution is -0.528. The zero-order valence-corrected chi connectivity index (χ0v) is 15.2. The molecule has 1 aliphatic carbocycles. The number of para-hydroxylation sites is 1. The first-order valence-electron chi connectivity index (χ1n) is 9.05. The van der Waals surface area contributed by atoms with Gasteiger partial charge in [-0.2, -0.15) is 13.2 Å². The molecule has 1 aromatic rings. The largest absolute Gasteiger partial charge is 0.405 e. The highest BCUT2D eigenvalue weighted by Gasteiger charge is 2.46. The van der Waals surface area contributed by atoms with E-state index in [1.165, 1.54) is 24.3 Å². The maximum atomic E-state index is 12.7. The van der Waals surface area contributed by atoms with Gasteiger partial charge in [-0.05, 0) is 18.6 Å². The van der Waals surface area contributed by atoms with Gasteiger partial charge < -0.3 is 10.6 Å². The Bertz CT molecular complexity index is 804. The molecule has 2 amide bonds. The quantitative estimate of drug-likeness (QED) is 0.423. The number of hydrazine groups is 1. The van der Waals surface area contributed by atoms with Crippen molar-refractivity contribution >= 4 is 17.5 Å². The molecular formula is C17H20F3N5O4. The lowest BCUT2D eigenvalue weighted by atomic mass is 9.79. The van der Waals surface area contributed by atoms with Crippen molar-refractivity contribution in [1.29, 1.82) is 0 Å². The fraction of sp³-hybridized carbons (Fsp3) is 0.529. The van der Waals surface area contributed by atoms with Crippen molar-refractivity contribution in [3.05, 3.63) is 39.9 Å². The molecule has 2 aliphatic rings. The van der Waals surface area contributed by atoms with Crippen LogP contribution in [-0.4, -0.2) is 47.6 Å². The summed E-state index contributed by atoms with van der Waals surface area (Å²) in [5.74, 6) is -1.81. The molecule has 1 heterocycles. The van der Waals surface area contributed by atoms with Gasteiger partial charge in [0.2, 0.25) is 11.9 Å². The van der Waals surface area contributed by atoms with Crippen LogP contribution in [0, 0.1) is 16.0 Å². The third kappa shape index (κ3) is 5.01. The molecular weight excluding hydrogens is 395 g/mol. The summed E-state index contributed by atoms with van der Waals surface area (Å²) in [5, 5.41) is 15.4. The number of nitrogens with zero attached hydrogens (tertiary/aromatic N) is 1. The van der Waals surface area contributed by atoms with Crippen LogP contribution in [0.15, 0.2) is 24.3 Å². The molecule has 4 N–H and O–H groups in total. The molecule has 158 valence electrons. The van der Waals surface area contributed by atoms with Gasteiger partial charge in [0.15, 0.2) is 0 Å². The summed E-state index contributed by atoms with van der Waals surface area (Å²) >= 11 is 0. The second kappa shape index (κ2) is 8.33. The highest BCUT2D eigenvalue weighted by atomic mass is 19.4. The second-order valence-electron chi connectivity index (χ2n) is 7.12. The van der Waals surface area contributed by atoms with Crippen molar-refractivity contribution in [3.63, 3.8) is 0 Å². The van der Waals surface area contributed by atoms with E-state index in [0.29, 0.717) is 12.8 Å². The summed E-state index contributed by atoms with van der Waals surface area (Å²) in [6.45, 7) is -1.49. The minimum atomic E-state index is -4.56. The number of nitrogens with one attached hydrogen (secondary N) is 4. The lowest BCUT2D eigenvalue weighted by Gasteiger charge is -2.28. The van der Waals surface area contributed by atoms with E-state index in [-0.39, 0.29) is 34.6 Å². The average Bonchev–Trinajstić information content (AvgIpc) is 3.09. The summed E-state index contributed by atoms with van der Waals surface area (Å²) in [6, 6.07) is 4.11. The van der Waals surface area contributed by atoms with Crippen molar-refractivity contribution in [1.82, 2.24) is 16.2 Å². The Morgan fingerprint density at radius 2 is 1.93 bits per heavy atom. The Kier molecular flexibility index (Phi) is 6.03. The highest BCUT2D eigenvalue weighted by molar-refractivity contribution is 6.05. The standard InChI is InChI=1S/C17H20F3N5O4/c18-17(19,20)8-21-15(26)10-3-1-2-4-12(10)22-16(27)14-11-7-9(25(28)29)5-6-13(11)23-24-14/h1-4,9,11,13-14,23-24H,5-8H2,(H,21,26)(H,22,27). The molecule has 1 aromatic carbocycles. The van der Waals surface area contributed by atoms with Crippen molar-refractivity contribution < 1.29 is 27.7 Å². The molecule has 4 unspecified atom stereocenters. The number of hydrogen-bond donors (Lipinski definition) is 4. The highest BCUT2D eigenvalue weighted by Crippen LogP contribution is 2.32. The van der Waals surface area contributed by atoms with E-state index in [9.17, 15) is 32.9 Å². The van der Waals surface area contributed by atoms with Crippen LogP contribution in [0.2, 0.25) is 0 Å². The summed E-state index contributed by atoms with van der Waals surface area (Å²) in [4.78, 5) is 35.6. The first kappa shape index (κ1) is 21.0. The Morgan fingerprint density at radius 1 is 1.21 bits per heavy atom. The summed E-state index contributed by atoms with van der Waals surface area (Å²) in [6.07, 6.45) is -3.37. The van der Waals surface area contributed by atoms with Crippen LogP contribution in [0.3, 0.4) is 0 Å². The van der Waals surface area contributed by atoms with Gasteiger partial charge in [-0.25, -0.2) is 5.43 Å². The topological polar surface area (TPSA) is 125 Å². The van der Waals surface area contributed by atoms with E-state index < -0.39 is 36.6 Å². The summed E-state index contributed by atoms with van der Waals surface area (Å²) in [5.41, 5.74) is 5.76. The molecule has 0 aromatic heterocycles. The molecule has 12 heteroatoms. The normalized spacial score (nSPS) is 26.4. The van der Waals surface area contributed by atoms with Crippen LogP contribution in [0.5, 0.6) is 0 Å². The van der Waals surface area contributed by atoms with E-state index in [1.807, 2.05) is 0 Å². The van der Waals surface area contributed by atoms with Crippen LogP contribution < -0.4 is 21.5 Å². The van der Waals surface area contributed by atoms with Crippen molar-refractivity contribution in [2.24, 2.45) is 5.92 Å². The Labute approximate surface area is 163 Å². The third-order valence-electron chi connectivity index (χ3n) is 5.18. The van der Waals surface area contributed by atoms with Crippen LogP contribution in [0.4, 0.5) is 18.9 Å². The number of fused-ring (bicyclic) bond motifs is 1. The first-order chi connectivity index (χ1) is 13.7. The van der Waals surface area contributed by atoms with Gasteiger partial charge in [-0.1, -0.05) is 12.1 Å². The molecule has 1 saturated carbocycles. The summed E-state index contributed by atoms with van der Waals surface area (Å²) < 4.78 is 37.0. The van der Waals surface area contributed by atoms with E-state index in [4.69, 9.17) is 0 Å². The number of benzene rings is 1.